The van der Waals surface area contributed by atoms with Gasteiger partial charge in [0, 0.05) is 36.8 Å². The number of likely N-dealkylation sites (tertiary alicyclic amines) is 1. The van der Waals surface area contributed by atoms with Crippen LogP contribution in [-0.2, 0) is 11.3 Å². The summed E-state index contributed by atoms with van der Waals surface area (Å²) < 4.78 is 5.56. The minimum atomic E-state index is -0.192. The molecule has 1 fully saturated rings. The van der Waals surface area contributed by atoms with Crippen LogP contribution < -0.4 is 10.1 Å². The third-order valence-electron chi connectivity index (χ3n) is 4.67. The van der Waals surface area contributed by atoms with E-state index in [-0.39, 0.29) is 11.8 Å². The van der Waals surface area contributed by atoms with Crippen molar-refractivity contribution in [2.24, 2.45) is 0 Å². The van der Waals surface area contributed by atoms with E-state index in [2.05, 4.69) is 5.32 Å². The molecule has 0 atom stereocenters. The van der Waals surface area contributed by atoms with Crippen LogP contribution in [0, 0.1) is 0 Å². The Balaban J connectivity index is 1.57. The van der Waals surface area contributed by atoms with Crippen LogP contribution in [0.1, 0.15) is 41.3 Å². The van der Waals surface area contributed by atoms with E-state index in [1.165, 1.54) is 6.08 Å². The minimum absolute atomic E-state index is 0.0677. The van der Waals surface area contributed by atoms with Gasteiger partial charge in [-0.15, -0.1) is 0 Å². The van der Waals surface area contributed by atoms with Crippen molar-refractivity contribution in [3.63, 3.8) is 0 Å². The van der Waals surface area contributed by atoms with Gasteiger partial charge in [-0.1, -0.05) is 30.3 Å². The Morgan fingerprint density at radius 2 is 1.89 bits per heavy atom. The van der Waals surface area contributed by atoms with Crippen molar-refractivity contribution in [3.8, 4) is 5.75 Å². The summed E-state index contributed by atoms with van der Waals surface area (Å²) in [5, 5.41) is 2.86. The number of nitrogens with one attached hydrogen (secondary N) is 1. The summed E-state index contributed by atoms with van der Waals surface area (Å²) in [6, 6.07) is 15.0. The molecule has 1 N–H and O–H groups in total. The summed E-state index contributed by atoms with van der Waals surface area (Å²) in [6.07, 6.45) is 5.38. The van der Waals surface area contributed by atoms with Crippen molar-refractivity contribution >= 4 is 17.9 Å². The van der Waals surface area contributed by atoms with Crippen molar-refractivity contribution in [2.45, 2.75) is 26.3 Å². The van der Waals surface area contributed by atoms with E-state index in [9.17, 15) is 9.59 Å². The fraction of sp³-hybridized carbons (Fsp3) is 0.304. The lowest BCUT2D eigenvalue weighted by molar-refractivity contribution is -0.116. The highest BCUT2D eigenvalue weighted by Crippen LogP contribution is 2.19. The molecule has 1 saturated heterocycles. The summed E-state index contributed by atoms with van der Waals surface area (Å²) in [6.45, 7) is 4.53. The lowest BCUT2D eigenvalue weighted by Crippen LogP contribution is -2.27. The van der Waals surface area contributed by atoms with Crippen molar-refractivity contribution in [1.29, 1.82) is 0 Å². The van der Waals surface area contributed by atoms with Crippen LogP contribution >= 0.6 is 0 Å². The quantitative estimate of drug-likeness (QED) is 0.748. The Kier molecular flexibility index (Phi) is 6.84. The Morgan fingerprint density at radius 1 is 1.11 bits per heavy atom. The molecule has 2 aromatic rings. The van der Waals surface area contributed by atoms with E-state index < -0.39 is 0 Å². The number of carbonyl (C=O) groups excluding carboxylic acids is 2. The van der Waals surface area contributed by atoms with Gasteiger partial charge in [0.15, 0.2) is 0 Å². The largest absolute Gasteiger partial charge is 0.493 e. The second kappa shape index (κ2) is 9.74. The average molecular weight is 378 g/mol. The number of hydrogen-bond donors (Lipinski definition) is 1. The fourth-order valence-corrected chi connectivity index (χ4v) is 3.24. The summed E-state index contributed by atoms with van der Waals surface area (Å²) in [5.41, 5.74) is 2.44. The van der Waals surface area contributed by atoms with Gasteiger partial charge in [0.1, 0.15) is 5.75 Å². The third-order valence-corrected chi connectivity index (χ3v) is 4.67. The molecule has 3 rings (SSSR count). The van der Waals surface area contributed by atoms with Gasteiger partial charge in [0.2, 0.25) is 5.91 Å². The molecule has 0 saturated carbocycles. The molecule has 5 nitrogen and oxygen atoms in total. The summed E-state index contributed by atoms with van der Waals surface area (Å²) in [4.78, 5) is 26.6. The second-order valence-electron chi connectivity index (χ2n) is 6.72. The van der Waals surface area contributed by atoms with E-state index >= 15 is 0 Å². The van der Waals surface area contributed by atoms with Gasteiger partial charge >= 0.3 is 0 Å². The van der Waals surface area contributed by atoms with Gasteiger partial charge < -0.3 is 15.0 Å². The van der Waals surface area contributed by atoms with Crippen LogP contribution in [0.4, 0.5) is 0 Å². The molecule has 2 aromatic carbocycles. The summed E-state index contributed by atoms with van der Waals surface area (Å²) in [5.74, 6) is 0.628. The van der Waals surface area contributed by atoms with Gasteiger partial charge in [-0.25, -0.2) is 0 Å². The molecule has 0 aliphatic carbocycles. The first kappa shape index (κ1) is 19.7. The molecule has 1 aliphatic rings. The SMILES string of the molecule is CCOc1ccccc1C=CC(=O)NCc1cccc(C(=O)N2CCCC2)c1. The predicted octanol–water partition coefficient (Wildman–Crippen LogP) is 3.65. The Labute approximate surface area is 166 Å². The topological polar surface area (TPSA) is 58.6 Å². The highest BCUT2D eigenvalue weighted by Gasteiger charge is 2.19. The van der Waals surface area contributed by atoms with E-state index in [0.717, 1.165) is 42.8 Å². The Morgan fingerprint density at radius 3 is 2.68 bits per heavy atom. The van der Waals surface area contributed by atoms with Gasteiger partial charge in [-0.2, -0.15) is 0 Å². The van der Waals surface area contributed by atoms with Crippen LogP contribution in [-0.4, -0.2) is 36.4 Å². The minimum Gasteiger partial charge on any atom is -0.493 e. The molecule has 28 heavy (non-hydrogen) atoms. The van der Waals surface area contributed by atoms with Crippen molar-refractivity contribution < 1.29 is 14.3 Å². The predicted molar refractivity (Wildman–Crippen MR) is 110 cm³/mol. The molecular formula is C23H26N2O3. The van der Waals surface area contributed by atoms with E-state index in [1.54, 1.807) is 6.08 Å². The number of ether oxygens (including phenoxy) is 1. The molecule has 0 radical (unpaired) electrons. The van der Waals surface area contributed by atoms with Crippen LogP contribution in [0.3, 0.4) is 0 Å². The number of nitrogens with zero attached hydrogens (tertiary/aromatic N) is 1. The zero-order valence-corrected chi connectivity index (χ0v) is 16.2. The van der Waals surface area contributed by atoms with Gasteiger partial charge in [-0.3, -0.25) is 9.59 Å². The van der Waals surface area contributed by atoms with Gasteiger partial charge in [0.25, 0.3) is 5.91 Å². The molecule has 1 heterocycles. The number of amides is 2. The fourth-order valence-electron chi connectivity index (χ4n) is 3.24. The van der Waals surface area contributed by atoms with Crippen molar-refractivity contribution in [2.75, 3.05) is 19.7 Å². The van der Waals surface area contributed by atoms with Crippen LogP contribution in [0.25, 0.3) is 6.08 Å². The number of benzene rings is 2. The van der Waals surface area contributed by atoms with Crippen LogP contribution in [0.2, 0.25) is 0 Å². The second-order valence-corrected chi connectivity index (χ2v) is 6.72. The third kappa shape index (κ3) is 5.22. The highest BCUT2D eigenvalue weighted by atomic mass is 16.5. The molecule has 5 heteroatoms. The lowest BCUT2D eigenvalue weighted by atomic mass is 10.1. The molecule has 0 unspecified atom stereocenters. The summed E-state index contributed by atoms with van der Waals surface area (Å²) in [7, 11) is 0. The monoisotopic (exact) mass is 378 g/mol. The van der Waals surface area contributed by atoms with Crippen LogP contribution in [0.5, 0.6) is 5.75 Å². The highest BCUT2D eigenvalue weighted by molar-refractivity contribution is 5.94. The smallest absolute Gasteiger partial charge is 0.253 e. The zero-order valence-electron chi connectivity index (χ0n) is 16.2. The lowest BCUT2D eigenvalue weighted by Gasteiger charge is -2.15. The molecule has 1 aliphatic heterocycles. The maximum absolute atomic E-state index is 12.5. The molecule has 0 spiro atoms. The zero-order chi connectivity index (χ0) is 19.8. The molecular weight excluding hydrogens is 352 g/mol. The number of para-hydroxylation sites is 1. The van der Waals surface area contributed by atoms with Gasteiger partial charge in [0.05, 0.1) is 6.61 Å². The van der Waals surface area contributed by atoms with E-state index in [0.29, 0.717) is 18.7 Å². The molecule has 0 bridgehead atoms. The molecule has 146 valence electrons. The van der Waals surface area contributed by atoms with Gasteiger partial charge in [-0.05, 0) is 49.6 Å². The van der Waals surface area contributed by atoms with Crippen molar-refractivity contribution in [1.82, 2.24) is 10.2 Å². The Bertz CT molecular complexity index is 854. The average Bonchev–Trinajstić information content (AvgIpc) is 3.26. The van der Waals surface area contributed by atoms with E-state index in [4.69, 9.17) is 4.74 Å². The maximum Gasteiger partial charge on any atom is 0.253 e. The number of hydrogen-bond acceptors (Lipinski definition) is 3. The molecule has 0 aromatic heterocycles. The van der Waals surface area contributed by atoms with Crippen molar-refractivity contribution in [3.05, 3.63) is 71.3 Å². The summed E-state index contributed by atoms with van der Waals surface area (Å²) >= 11 is 0. The number of carbonyl (C=O) groups is 2. The maximum atomic E-state index is 12.5. The normalized spacial score (nSPS) is 13.7. The van der Waals surface area contributed by atoms with Crippen LogP contribution in [0.15, 0.2) is 54.6 Å². The first-order valence-electron chi connectivity index (χ1n) is 9.73. The number of rotatable bonds is 7. The first-order chi connectivity index (χ1) is 13.7. The standard InChI is InChI=1S/C23H26N2O3/c1-2-28-21-11-4-3-9-19(21)12-13-22(26)24-17-18-8-7-10-20(16-18)23(27)25-14-5-6-15-25/h3-4,7-13,16H,2,5-6,14-15,17H2,1H3,(H,24,26). The first-order valence-corrected chi connectivity index (χ1v) is 9.73. The van der Waals surface area contributed by atoms with E-state index in [1.807, 2.05) is 60.4 Å². The molecule has 2 amide bonds. The Hall–Kier alpha value is -3.08.